The smallest absolute Gasteiger partial charge is 0.233 e. The third-order valence-electron chi connectivity index (χ3n) is 3.67. The first-order valence-corrected chi connectivity index (χ1v) is 8.07. The molecule has 2 aromatic rings. The first-order valence-electron chi connectivity index (χ1n) is 7.66. The molecule has 1 saturated heterocycles. The molecule has 24 heavy (non-hydrogen) atoms. The number of hydrogen-bond donors (Lipinski definition) is 2. The van der Waals surface area contributed by atoms with E-state index in [9.17, 15) is 9.59 Å². The molecule has 2 N–H and O–H groups in total. The van der Waals surface area contributed by atoms with Crippen LogP contribution >= 0.6 is 12.2 Å². The number of nitrogens with one attached hydrogen (secondary N) is 2. The van der Waals surface area contributed by atoms with Gasteiger partial charge in [0, 0.05) is 18.5 Å². The van der Waals surface area contributed by atoms with Crippen LogP contribution in [0, 0.1) is 0 Å². The Bertz CT molecular complexity index is 725. The topological polar surface area (TPSA) is 74.6 Å². The molecule has 1 aliphatic heterocycles. The van der Waals surface area contributed by atoms with Crippen molar-refractivity contribution in [3.63, 3.8) is 0 Å². The highest BCUT2D eigenvalue weighted by molar-refractivity contribution is 7.80. The van der Waals surface area contributed by atoms with Crippen LogP contribution < -0.4 is 15.5 Å². The summed E-state index contributed by atoms with van der Waals surface area (Å²) >= 11 is 5.22. The number of furan rings is 1. The number of hydrogen-bond acceptors (Lipinski definition) is 4. The monoisotopic (exact) mass is 343 g/mol. The molecule has 0 saturated carbocycles. The van der Waals surface area contributed by atoms with E-state index in [1.165, 1.54) is 4.90 Å². The molecule has 1 aromatic heterocycles. The van der Waals surface area contributed by atoms with Crippen molar-refractivity contribution in [2.24, 2.45) is 0 Å². The fourth-order valence-corrected chi connectivity index (χ4v) is 2.68. The van der Waals surface area contributed by atoms with E-state index in [0.29, 0.717) is 36.6 Å². The number of benzene rings is 1. The van der Waals surface area contributed by atoms with E-state index in [4.69, 9.17) is 16.6 Å². The van der Waals surface area contributed by atoms with E-state index in [1.807, 2.05) is 12.1 Å². The molecular formula is C17H17N3O3S. The molecule has 0 aliphatic carbocycles. The van der Waals surface area contributed by atoms with E-state index in [-0.39, 0.29) is 11.8 Å². The van der Waals surface area contributed by atoms with Crippen molar-refractivity contribution in [2.45, 2.75) is 25.8 Å². The molecule has 3 rings (SSSR count). The zero-order chi connectivity index (χ0) is 16.9. The summed E-state index contributed by atoms with van der Waals surface area (Å²) in [5, 5.41) is 6.54. The Hall–Kier alpha value is -2.67. The third-order valence-corrected chi connectivity index (χ3v) is 3.91. The highest BCUT2D eigenvalue weighted by atomic mass is 32.1. The average molecular weight is 343 g/mol. The second-order valence-electron chi connectivity index (χ2n) is 5.41. The quantitative estimate of drug-likeness (QED) is 0.657. The first kappa shape index (κ1) is 16.2. The summed E-state index contributed by atoms with van der Waals surface area (Å²) in [6.45, 7) is 0.494. The number of anilines is 2. The van der Waals surface area contributed by atoms with Gasteiger partial charge in [0.25, 0.3) is 0 Å². The van der Waals surface area contributed by atoms with Gasteiger partial charge < -0.3 is 15.1 Å². The lowest BCUT2D eigenvalue weighted by atomic mass is 10.1. The SMILES string of the molecule is O=C1CCCC(=O)N1c1ccc(NC(=S)NCc2ccco2)cc1. The Labute approximate surface area is 144 Å². The zero-order valence-corrected chi connectivity index (χ0v) is 13.8. The third kappa shape index (κ3) is 3.80. The van der Waals surface area contributed by atoms with E-state index in [1.54, 1.807) is 30.5 Å². The predicted octanol–water partition coefficient (Wildman–Crippen LogP) is 2.81. The van der Waals surface area contributed by atoms with E-state index >= 15 is 0 Å². The van der Waals surface area contributed by atoms with Crippen molar-refractivity contribution >= 4 is 40.5 Å². The van der Waals surface area contributed by atoms with Crippen molar-refractivity contribution in [3.8, 4) is 0 Å². The van der Waals surface area contributed by atoms with Gasteiger partial charge >= 0.3 is 0 Å². The van der Waals surface area contributed by atoms with Crippen LogP contribution in [0.5, 0.6) is 0 Å². The van der Waals surface area contributed by atoms with Crippen LogP contribution in [0.3, 0.4) is 0 Å². The van der Waals surface area contributed by atoms with Gasteiger partial charge in [-0.05, 0) is 55.0 Å². The molecule has 2 heterocycles. The maximum atomic E-state index is 11.9. The molecular weight excluding hydrogens is 326 g/mol. The number of carbonyl (C=O) groups is 2. The lowest BCUT2D eigenvalue weighted by Crippen LogP contribution is -2.40. The molecule has 0 unspecified atom stereocenters. The Balaban J connectivity index is 1.59. The van der Waals surface area contributed by atoms with Crippen LogP contribution in [0.4, 0.5) is 11.4 Å². The van der Waals surface area contributed by atoms with Gasteiger partial charge in [-0.25, -0.2) is 0 Å². The number of rotatable bonds is 4. The molecule has 1 aliphatic rings. The van der Waals surface area contributed by atoms with Gasteiger partial charge in [0.2, 0.25) is 11.8 Å². The van der Waals surface area contributed by atoms with Gasteiger partial charge in [0.1, 0.15) is 5.76 Å². The minimum Gasteiger partial charge on any atom is -0.467 e. The molecule has 0 spiro atoms. The van der Waals surface area contributed by atoms with Crippen molar-refractivity contribution in [2.75, 3.05) is 10.2 Å². The lowest BCUT2D eigenvalue weighted by molar-refractivity contribution is -0.129. The Morgan fingerprint density at radius 1 is 1.12 bits per heavy atom. The van der Waals surface area contributed by atoms with E-state index < -0.39 is 0 Å². The first-order chi connectivity index (χ1) is 11.6. The van der Waals surface area contributed by atoms with Crippen LogP contribution in [0.2, 0.25) is 0 Å². The van der Waals surface area contributed by atoms with Gasteiger partial charge in [0.05, 0.1) is 18.5 Å². The molecule has 0 bridgehead atoms. The molecule has 0 atom stereocenters. The zero-order valence-electron chi connectivity index (χ0n) is 13.0. The van der Waals surface area contributed by atoms with Gasteiger partial charge in [-0.3, -0.25) is 14.5 Å². The minimum absolute atomic E-state index is 0.150. The maximum absolute atomic E-state index is 11.9. The second kappa shape index (κ2) is 7.27. The Morgan fingerprint density at radius 3 is 2.46 bits per heavy atom. The molecule has 1 fully saturated rings. The standard InChI is InChI=1S/C17H17N3O3S/c21-15-4-1-5-16(22)20(15)13-8-6-12(7-9-13)19-17(24)18-11-14-3-2-10-23-14/h2-3,6-10H,1,4-5,11H2,(H2,18,19,24). The summed E-state index contributed by atoms with van der Waals surface area (Å²) in [5.74, 6) is 0.488. The van der Waals surface area contributed by atoms with Crippen molar-refractivity contribution in [1.29, 1.82) is 0 Å². The number of thiocarbonyl (C=S) groups is 1. The Morgan fingerprint density at radius 2 is 1.83 bits per heavy atom. The fourth-order valence-electron chi connectivity index (χ4n) is 2.49. The summed E-state index contributed by atoms with van der Waals surface area (Å²) in [4.78, 5) is 25.1. The van der Waals surface area contributed by atoms with Crippen LogP contribution in [0.15, 0.2) is 47.1 Å². The normalized spacial score (nSPS) is 14.6. The summed E-state index contributed by atoms with van der Waals surface area (Å²) in [6.07, 6.45) is 3.05. The number of piperidine rings is 1. The highest BCUT2D eigenvalue weighted by Crippen LogP contribution is 2.23. The number of imide groups is 1. The number of carbonyl (C=O) groups excluding carboxylic acids is 2. The average Bonchev–Trinajstić information content (AvgIpc) is 3.08. The summed E-state index contributed by atoms with van der Waals surface area (Å²) < 4.78 is 5.22. The van der Waals surface area contributed by atoms with Crippen molar-refractivity contribution < 1.29 is 14.0 Å². The molecule has 0 radical (unpaired) electrons. The van der Waals surface area contributed by atoms with Gasteiger partial charge in [-0.2, -0.15) is 0 Å². The van der Waals surface area contributed by atoms with Crippen molar-refractivity contribution in [1.82, 2.24) is 5.32 Å². The molecule has 6 nitrogen and oxygen atoms in total. The predicted molar refractivity (Wildman–Crippen MR) is 94.6 cm³/mol. The molecule has 7 heteroatoms. The van der Waals surface area contributed by atoms with Crippen LogP contribution in [-0.4, -0.2) is 16.9 Å². The maximum Gasteiger partial charge on any atom is 0.233 e. The lowest BCUT2D eigenvalue weighted by Gasteiger charge is -2.25. The van der Waals surface area contributed by atoms with Crippen molar-refractivity contribution in [3.05, 3.63) is 48.4 Å². The molecule has 1 aromatic carbocycles. The Kier molecular flexibility index (Phi) is 4.90. The molecule has 2 amide bonds. The largest absolute Gasteiger partial charge is 0.467 e. The molecule has 124 valence electrons. The highest BCUT2D eigenvalue weighted by Gasteiger charge is 2.27. The summed E-state index contributed by atoms with van der Waals surface area (Å²) in [6, 6.07) is 10.7. The van der Waals surface area contributed by atoms with E-state index in [2.05, 4.69) is 10.6 Å². The van der Waals surface area contributed by atoms with E-state index in [0.717, 1.165) is 11.4 Å². The van der Waals surface area contributed by atoms with Gasteiger partial charge in [-0.15, -0.1) is 0 Å². The second-order valence-corrected chi connectivity index (χ2v) is 5.82. The van der Waals surface area contributed by atoms with Crippen LogP contribution in [0.25, 0.3) is 0 Å². The van der Waals surface area contributed by atoms with Crippen LogP contribution in [-0.2, 0) is 16.1 Å². The van der Waals surface area contributed by atoms with Gasteiger partial charge in [-0.1, -0.05) is 0 Å². The minimum atomic E-state index is -0.150. The fraction of sp³-hybridized carbons (Fsp3) is 0.235. The number of nitrogens with zero attached hydrogens (tertiary/aromatic N) is 1. The summed E-state index contributed by atoms with van der Waals surface area (Å²) in [5.41, 5.74) is 1.36. The van der Waals surface area contributed by atoms with Crippen LogP contribution in [0.1, 0.15) is 25.0 Å². The van der Waals surface area contributed by atoms with Gasteiger partial charge in [0.15, 0.2) is 5.11 Å². The summed E-state index contributed by atoms with van der Waals surface area (Å²) in [7, 11) is 0. The number of amides is 2.